The van der Waals surface area contributed by atoms with E-state index in [0.717, 1.165) is 12.8 Å². The Hall–Kier alpha value is -0.570. The molecule has 0 spiro atoms. The summed E-state index contributed by atoms with van der Waals surface area (Å²) < 4.78 is 5.18. The van der Waals surface area contributed by atoms with Crippen LogP contribution in [0.2, 0.25) is 0 Å². The van der Waals surface area contributed by atoms with Crippen molar-refractivity contribution in [3.63, 3.8) is 0 Å². The van der Waals surface area contributed by atoms with E-state index in [4.69, 9.17) is 10.5 Å². The summed E-state index contributed by atoms with van der Waals surface area (Å²) in [5.41, 5.74) is 4.90. The maximum atomic E-state index is 11.4. The van der Waals surface area contributed by atoms with Crippen molar-refractivity contribution in [3.8, 4) is 0 Å². The maximum Gasteiger partial charge on any atom is 0.326 e. The van der Waals surface area contributed by atoms with Gasteiger partial charge in [0.1, 0.15) is 5.54 Å². The molecule has 0 radical (unpaired) electrons. The van der Waals surface area contributed by atoms with Crippen LogP contribution in [0.5, 0.6) is 0 Å². The van der Waals surface area contributed by atoms with E-state index in [-0.39, 0.29) is 12.1 Å². The zero-order valence-corrected chi connectivity index (χ0v) is 9.09. The van der Waals surface area contributed by atoms with Crippen LogP contribution in [0.15, 0.2) is 0 Å². The Bertz CT molecular complexity index is 166. The van der Waals surface area contributed by atoms with Crippen molar-refractivity contribution in [2.75, 3.05) is 0 Å². The van der Waals surface area contributed by atoms with Crippen molar-refractivity contribution in [1.29, 1.82) is 0 Å². The number of hydrogen-bond acceptors (Lipinski definition) is 3. The second-order valence-corrected chi connectivity index (χ2v) is 3.78. The van der Waals surface area contributed by atoms with Crippen molar-refractivity contribution in [1.82, 2.24) is 0 Å². The van der Waals surface area contributed by atoms with Crippen LogP contribution in [0.1, 0.15) is 47.0 Å². The van der Waals surface area contributed by atoms with Gasteiger partial charge in [-0.3, -0.25) is 4.79 Å². The van der Waals surface area contributed by atoms with Gasteiger partial charge in [0.05, 0.1) is 6.10 Å². The Labute approximate surface area is 80.6 Å². The second kappa shape index (κ2) is 5.22. The zero-order valence-electron chi connectivity index (χ0n) is 9.09. The summed E-state index contributed by atoms with van der Waals surface area (Å²) in [6.07, 6.45) is 2.49. The lowest BCUT2D eigenvalue weighted by Crippen LogP contribution is -2.46. The lowest BCUT2D eigenvalue weighted by atomic mass is 10.0. The highest BCUT2D eigenvalue weighted by molar-refractivity contribution is 5.80. The molecular formula is C10H21NO2. The van der Waals surface area contributed by atoms with Crippen LogP contribution >= 0.6 is 0 Å². The SMILES string of the molecule is CCCC(C)OC(=O)C(C)(N)CC. The van der Waals surface area contributed by atoms with E-state index >= 15 is 0 Å². The van der Waals surface area contributed by atoms with Gasteiger partial charge in [-0.05, 0) is 26.7 Å². The molecule has 2 unspecified atom stereocenters. The van der Waals surface area contributed by atoms with Crippen LogP contribution in [0.4, 0.5) is 0 Å². The predicted octanol–water partition coefficient (Wildman–Crippen LogP) is 1.85. The maximum absolute atomic E-state index is 11.4. The molecule has 0 saturated carbocycles. The van der Waals surface area contributed by atoms with Crippen LogP contribution in [0, 0.1) is 0 Å². The summed E-state index contributed by atoms with van der Waals surface area (Å²) in [6.45, 7) is 7.54. The van der Waals surface area contributed by atoms with Crippen LogP contribution < -0.4 is 5.73 Å². The van der Waals surface area contributed by atoms with Crippen molar-refractivity contribution in [2.45, 2.75) is 58.6 Å². The smallest absolute Gasteiger partial charge is 0.326 e. The number of nitrogens with two attached hydrogens (primary N) is 1. The highest BCUT2D eigenvalue weighted by Crippen LogP contribution is 2.10. The van der Waals surface area contributed by atoms with E-state index in [1.54, 1.807) is 6.92 Å². The number of carbonyl (C=O) groups excluding carboxylic acids is 1. The molecule has 0 aromatic heterocycles. The first-order valence-electron chi connectivity index (χ1n) is 4.94. The molecule has 3 nitrogen and oxygen atoms in total. The molecule has 0 aliphatic rings. The first-order valence-corrected chi connectivity index (χ1v) is 4.94. The first-order chi connectivity index (χ1) is 5.94. The highest BCUT2D eigenvalue weighted by Gasteiger charge is 2.28. The van der Waals surface area contributed by atoms with Gasteiger partial charge in [-0.1, -0.05) is 20.3 Å². The van der Waals surface area contributed by atoms with Gasteiger partial charge in [-0.15, -0.1) is 0 Å². The van der Waals surface area contributed by atoms with Crippen LogP contribution in [0.25, 0.3) is 0 Å². The number of carbonyl (C=O) groups is 1. The normalized spacial score (nSPS) is 17.6. The summed E-state index contributed by atoms with van der Waals surface area (Å²) in [5.74, 6) is -0.295. The van der Waals surface area contributed by atoms with Crippen LogP contribution in [-0.2, 0) is 9.53 Å². The summed E-state index contributed by atoms with van der Waals surface area (Å²) in [5, 5.41) is 0. The molecule has 0 aliphatic carbocycles. The average molecular weight is 187 g/mol. The minimum atomic E-state index is -0.831. The largest absolute Gasteiger partial charge is 0.461 e. The van der Waals surface area contributed by atoms with E-state index < -0.39 is 5.54 Å². The topological polar surface area (TPSA) is 52.3 Å². The van der Waals surface area contributed by atoms with Gasteiger partial charge in [0.25, 0.3) is 0 Å². The summed E-state index contributed by atoms with van der Waals surface area (Å²) in [4.78, 5) is 11.4. The molecule has 2 atom stereocenters. The van der Waals surface area contributed by atoms with Gasteiger partial charge in [-0.2, -0.15) is 0 Å². The van der Waals surface area contributed by atoms with Crippen molar-refractivity contribution in [3.05, 3.63) is 0 Å². The summed E-state index contributed by atoms with van der Waals surface area (Å²) >= 11 is 0. The third kappa shape index (κ3) is 4.27. The molecule has 0 heterocycles. The van der Waals surface area contributed by atoms with Crippen molar-refractivity contribution in [2.24, 2.45) is 5.73 Å². The van der Waals surface area contributed by atoms with Crippen molar-refractivity contribution < 1.29 is 9.53 Å². The number of esters is 1. The molecule has 0 aliphatic heterocycles. The van der Waals surface area contributed by atoms with E-state index in [1.165, 1.54) is 0 Å². The fourth-order valence-electron chi connectivity index (χ4n) is 0.927. The third-order valence-electron chi connectivity index (χ3n) is 2.20. The van der Waals surface area contributed by atoms with E-state index in [1.807, 2.05) is 13.8 Å². The number of ether oxygens (including phenoxy) is 1. The number of rotatable bonds is 5. The third-order valence-corrected chi connectivity index (χ3v) is 2.20. The van der Waals surface area contributed by atoms with Crippen molar-refractivity contribution >= 4 is 5.97 Å². The molecule has 78 valence electrons. The Kier molecular flexibility index (Phi) is 4.99. The minimum Gasteiger partial charge on any atom is -0.461 e. The molecule has 0 amide bonds. The zero-order chi connectivity index (χ0) is 10.5. The lowest BCUT2D eigenvalue weighted by molar-refractivity contribution is -0.154. The molecule has 0 saturated heterocycles. The van der Waals surface area contributed by atoms with Gasteiger partial charge >= 0.3 is 5.97 Å². The molecule has 0 bridgehead atoms. The van der Waals surface area contributed by atoms with Crippen LogP contribution in [-0.4, -0.2) is 17.6 Å². The molecule has 3 heteroatoms. The minimum absolute atomic E-state index is 0.0214. The summed E-state index contributed by atoms with van der Waals surface area (Å²) in [7, 11) is 0. The van der Waals surface area contributed by atoms with Crippen LogP contribution in [0.3, 0.4) is 0 Å². The fourth-order valence-corrected chi connectivity index (χ4v) is 0.927. The molecule has 13 heavy (non-hydrogen) atoms. The predicted molar refractivity (Wildman–Crippen MR) is 53.3 cm³/mol. The van der Waals surface area contributed by atoms with Gasteiger partial charge in [0.15, 0.2) is 0 Å². The second-order valence-electron chi connectivity index (χ2n) is 3.78. The molecule has 0 aromatic rings. The quantitative estimate of drug-likeness (QED) is 0.668. The Morgan fingerprint density at radius 3 is 2.46 bits per heavy atom. The number of hydrogen-bond donors (Lipinski definition) is 1. The van der Waals surface area contributed by atoms with Gasteiger partial charge in [0, 0.05) is 0 Å². The molecule has 2 N–H and O–H groups in total. The highest BCUT2D eigenvalue weighted by atomic mass is 16.5. The van der Waals surface area contributed by atoms with Gasteiger partial charge in [-0.25, -0.2) is 0 Å². The Morgan fingerprint density at radius 1 is 1.54 bits per heavy atom. The monoisotopic (exact) mass is 187 g/mol. The van der Waals surface area contributed by atoms with E-state index in [2.05, 4.69) is 6.92 Å². The average Bonchev–Trinajstić information content (AvgIpc) is 2.04. The summed E-state index contributed by atoms with van der Waals surface area (Å²) in [6, 6.07) is 0. The lowest BCUT2D eigenvalue weighted by Gasteiger charge is -2.23. The molecule has 0 rings (SSSR count). The molecular weight excluding hydrogens is 166 g/mol. The van der Waals surface area contributed by atoms with E-state index in [9.17, 15) is 4.79 Å². The standard InChI is InChI=1S/C10H21NO2/c1-5-7-8(3)13-9(12)10(4,11)6-2/h8H,5-7,11H2,1-4H3. The first kappa shape index (κ1) is 12.4. The van der Waals surface area contributed by atoms with E-state index in [0.29, 0.717) is 6.42 Å². The fraction of sp³-hybridized carbons (Fsp3) is 0.900. The van der Waals surface area contributed by atoms with Gasteiger partial charge in [0.2, 0.25) is 0 Å². The van der Waals surface area contributed by atoms with Gasteiger partial charge < -0.3 is 10.5 Å². The molecule has 0 fully saturated rings. The molecule has 0 aromatic carbocycles. The Morgan fingerprint density at radius 2 is 2.08 bits per heavy atom. The Balaban J connectivity index is 3.99.